The summed E-state index contributed by atoms with van der Waals surface area (Å²) in [6.07, 6.45) is 2.05. The second-order valence-corrected chi connectivity index (χ2v) is 4.88. The van der Waals surface area contributed by atoms with Crippen molar-refractivity contribution in [2.75, 3.05) is 0 Å². The highest BCUT2D eigenvalue weighted by Gasteiger charge is 2.10. The number of aromatic nitrogens is 2. The molecule has 0 N–H and O–H groups in total. The smallest absolute Gasteiger partial charge is 0.133 e. The van der Waals surface area contributed by atoms with Gasteiger partial charge in [0.15, 0.2) is 0 Å². The van der Waals surface area contributed by atoms with Crippen LogP contribution in [-0.2, 0) is 11.8 Å². The second-order valence-electron chi connectivity index (χ2n) is 3.91. The molecule has 1 aromatic carbocycles. The van der Waals surface area contributed by atoms with Crippen LogP contribution in [0.1, 0.15) is 22.6 Å². The summed E-state index contributed by atoms with van der Waals surface area (Å²) in [5.41, 5.74) is 2.35. The minimum absolute atomic E-state index is 0.301. The maximum absolute atomic E-state index is 13.6. The van der Waals surface area contributed by atoms with E-state index in [1.807, 2.05) is 6.92 Å². The zero-order chi connectivity index (χ0) is 13.1. The fourth-order valence-electron chi connectivity index (χ4n) is 1.62. The number of rotatable bonds is 3. The van der Waals surface area contributed by atoms with Gasteiger partial charge in [-0.3, -0.25) is 0 Å². The lowest BCUT2D eigenvalue weighted by Gasteiger charge is -2.07. The molecule has 0 saturated heterocycles. The van der Waals surface area contributed by atoms with Crippen molar-refractivity contribution in [1.82, 2.24) is 9.97 Å². The molecule has 2 nitrogen and oxygen atoms in total. The highest BCUT2D eigenvalue weighted by Crippen LogP contribution is 2.21. The van der Waals surface area contributed by atoms with Crippen LogP contribution in [0.3, 0.4) is 0 Å². The highest BCUT2D eigenvalue weighted by atomic mass is 79.9. The molecule has 0 aliphatic heterocycles. The van der Waals surface area contributed by atoms with Gasteiger partial charge in [-0.05, 0) is 19.1 Å². The third-order valence-corrected chi connectivity index (χ3v) is 3.63. The maximum Gasteiger partial charge on any atom is 0.133 e. The van der Waals surface area contributed by atoms with Gasteiger partial charge in [0.2, 0.25) is 0 Å². The zero-order valence-electron chi connectivity index (χ0n) is 9.75. The van der Waals surface area contributed by atoms with Crippen molar-refractivity contribution < 1.29 is 4.39 Å². The van der Waals surface area contributed by atoms with E-state index < -0.39 is 0 Å². The fraction of sp³-hybridized carbons (Fsp3) is 0.231. The first kappa shape index (κ1) is 13.4. The molecule has 1 heterocycles. The van der Waals surface area contributed by atoms with Crippen molar-refractivity contribution >= 4 is 27.5 Å². The molecule has 0 aliphatic rings. The number of hydrogen-bond donors (Lipinski definition) is 0. The molecular weight excluding hydrogens is 319 g/mol. The number of nitrogens with zero attached hydrogens (tertiary/aromatic N) is 2. The normalized spacial score (nSPS) is 10.7. The van der Waals surface area contributed by atoms with E-state index in [9.17, 15) is 4.39 Å². The van der Waals surface area contributed by atoms with Crippen LogP contribution in [-0.4, -0.2) is 9.97 Å². The van der Waals surface area contributed by atoms with Gasteiger partial charge in [-0.2, -0.15) is 0 Å². The number of benzene rings is 1. The Hall–Kier alpha value is -1.00. The molecule has 0 spiro atoms. The lowest BCUT2D eigenvalue weighted by molar-refractivity contribution is 0.612. The zero-order valence-corrected chi connectivity index (χ0v) is 12.1. The van der Waals surface area contributed by atoms with Crippen LogP contribution in [0.2, 0.25) is 5.02 Å². The third-order valence-electron chi connectivity index (χ3n) is 2.67. The molecule has 2 aromatic rings. The fourth-order valence-corrected chi connectivity index (χ4v) is 2.40. The molecule has 0 amide bonds. The quantitative estimate of drug-likeness (QED) is 0.794. The monoisotopic (exact) mass is 328 g/mol. The average Bonchev–Trinajstić information content (AvgIpc) is 2.34. The van der Waals surface area contributed by atoms with Crippen LogP contribution < -0.4 is 0 Å². The lowest BCUT2D eigenvalue weighted by atomic mass is 10.1. The summed E-state index contributed by atoms with van der Waals surface area (Å²) in [5, 5.41) is 1.11. The van der Waals surface area contributed by atoms with Crippen molar-refractivity contribution in [2.45, 2.75) is 18.7 Å². The number of hydrogen-bond acceptors (Lipinski definition) is 2. The van der Waals surface area contributed by atoms with Crippen molar-refractivity contribution in [1.29, 1.82) is 0 Å². The molecule has 94 valence electrons. The van der Waals surface area contributed by atoms with Gasteiger partial charge >= 0.3 is 0 Å². The first-order chi connectivity index (χ1) is 8.61. The Bertz CT molecular complexity index is 555. The van der Waals surface area contributed by atoms with E-state index in [0.29, 0.717) is 28.2 Å². The predicted molar refractivity (Wildman–Crippen MR) is 73.6 cm³/mol. The first-order valence-electron chi connectivity index (χ1n) is 5.42. The van der Waals surface area contributed by atoms with Crippen molar-refractivity contribution in [3.8, 4) is 0 Å². The standard InChI is InChI=1S/C13H11BrClFN2/c1-8-9(6-14)7-17-13(18-8)5-10-11(15)3-2-4-12(10)16/h2-4,7H,5-6H2,1H3. The molecular formula is C13H11BrClFN2. The van der Waals surface area contributed by atoms with E-state index >= 15 is 0 Å². The molecule has 0 fully saturated rings. The molecule has 1 aromatic heterocycles. The molecule has 0 atom stereocenters. The molecule has 2 rings (SSSR count). The van der Waals surface area contributed by atoms with Crippen LogP contribution in [0, 0.1) is 12.7 Å². The van der Waals surface area contributed by atoms with Gasteiger partial charge in [-0.25, -0.2) is 14.4 Å². The van der Waals surface area contributed by atoms with Crippen LogP contribution in [0.4, 0.5) is 4.39 Å². The number of aryl methyl sites for hydroxylation is 1. The first-order valence-corrected chi connectivity index (χ1v) is 6.92. The average molecular weight is 330 g/mol. The van der Waals surface area contributed by atoms with E-state index in [2.05, 4.69) is 25.9 Å². The van der Waals surface area contributed by atoms with E-state index in [4.69, 9.17) is 11.6 Å². The van der Waals surface area contributed by atoms with Gasteiger partial charge in [-0.15, -0.1) is 0 Å². The third kappa shape index (κ3) is 2.87. The molecule has 0 radical (unpaired) electrons. The summed E-state index contributed by atoms with van der Waals surface area (Å²) in [6.45, 7) is 1.91. The van der Waals surface area contributed by atoms with E-state index in [1.165, 1.54) is 6.07 Å². The summed E-state index contributed by atoms with van der Waals surface area (Å²) < 4.78 is 13.6. The predicted octanol–water partition coefficient (Wildman–Crippen LogP) is 4.06. The Balaban J connectivity index is 2.32. The molecule has 0 aliphatic carbocycles. The highest BCUT2D eigenvalue weighted by molar-refractivity contribution is 9.08. The van der Waals surface area contributed by atoms with Gasteiger partial charge in [0.1, 0.15) is 11.6 Å². The van der Waals surface area contributed by atoms with Crippen molar-refractivity contribution in [3.05, 3.63) is 57.9 Å². The second kappa shape index (κ2) is 5.76. The minimum atomic E-state index is -0.326. The topological polar surface area (TPSA) is 25.8 Å². The molecule has 5 heteroatoms. The van der Waals surface area contributed by atoms with Gasteiger partial charge in [0.05, 0.1) is 0 Å². The summed E-state index contributed by atoms with van der Waals surface area (Å²) in [7, 11) is 0. The Morgan fingerprint density at radius 3 is 2.78 bits per heavy atom. The number of halogens is 3. The molecule has 0 bridgehead atoms. The van der Waals surface area contributed by atoms with Gasteiger partial charge < -0.3 is 0 Å². The maximum atomic E-state index is 13.6. The van der Waals surface area contributed by atoms with Crippen LogP contribution in [0.25, 0.3) is 0 Å². The molecule has 0 unspecified atom stereocenters. The Kier molecular flexibility index (Phi) is 4.30. The van der Waals surface area contributed by atoms with Crippen molar-refractivity contribution in [2.24, 2.45) is 0 Å². The van der Waals surface area contributed by atoms with E-state index in [0.717, 1.165) is 11.3 Å². The number of alkyl halides is 1. The van der Waals surface area contributed by atoms with Crippen molar-refractivity contribution in [3.63, 3.8) is 0 Å². The van der Waals surface area contributed by atoms with E-state index in [1.54, 1.807) is 18.3 Å². The Labute approximate surface area is 118 Å². The molecule has 0 saturated carbocycles. The molecule has 18 heavy (non-hydrogen) atoms. The van der Waals surface area contributed by atoms with Gasteiger partial charge in [0.25, 0.3) is 0 Å². The van der Waals surface area contributed by atoms with Gasteiger partial charge in [-0.1, -0.05) is 33.6 Å². The van der Waals surface area contributed by atoms with Gasteiger partial charge in [0, 0.05) is 39.8 Å². The van der Waals surface area contributed by atoms with Crippen LogP contribution in [0.15, 0.2) is 24.4 Å². The van der Waals surface area contributed by atoms with E-state index in [-0.39, 0.29) is 5.82 Å². The minimum Gasteiger partial charge on any atom is -0.241 e. The Morgan fingerprint density at radius 1 is 1.39 bits per heavy atom. The summed E-state index contributed by atoms with van der Waals surface area (Å²) >= 11 is 9.34. The largest absolute Gasteiger partial charge is 0.241 e. The SMILES string of the molecule is Cc1nc(Cc2c(F)cccc2Cl)ncc1CBr. The van der Waals surface area contributed by atoms with Crippen LogP contribution in [0.5, 0.6) is 0 Å². The Morgan fingerprint density at radius 2 is 2.17 bits per heavy atom. The lowest BCUT2D eigenvalue weighted by Crippen LogP contribution is -2.02. The summed E-state index contributed by atoms with van der Waals surface area (Å²) in [4.78, 5) is 8.58. The summed E-state index contributed by atoms with van der Waals surface area (Å²) in [6, 6.07) is 4.64. The van der Waals surface area contributed by atoms with Crippen LogP contribution >= 0.6 is 27.5 Å². The summed E-state index contributed by atoms with van der Waals surface area (Å²) in [5.74, 6) is 0.248.